The third-order valence-electron chi connectivity index (χ3n) is 4.94. The summed E-state index contributed by atoms with van der Waals surface area (Å²) in [5.41, 5.74) is 0.587. The van der Waals surface area contributed by atoms with Crippen LogP contribution in [0.5, 0.6) is 0 Å². The van der Waals surface area contributed by atoms with Gasteiger partial charge in [-0.05, 0) is 45.0 Å². The van der Waals surface area contributed by atoms with Gasteiger partial charge in [-0.25, -0.2) is 4.68 Å². The molecule has 7 nitrogen and oxygen atoms in total. The van der Waals surface area contributed by atoms with Gasteiger partial charge in [0.25, 0.3) is 5.91 Å². The molecule has 1 aliphatic rings. The van der Waals surface area contributed by atoms with Gasteiger partial charge < -0.3 is 10.1 Å². The van der Waals surface area contributed by atoms with Crippen LogP contribution in [0.1, 0.15) is 30.0 Å². The van der Waals surface area contributed by atoms with Crippen molar-refractivity contribution in [1.82, 2.24) is 20.0 Å². The van der Waals surface area contributed by atoms with E-state index in [1.807, 2.05) is 0 Å². The van der Waals surface area contributed by atoms with Gasteiger partial charge in [-0.15, -0.1) is 0 Å². The van der Waals surface area contributed by atoms with Crippen molar-refractivity contribution < 1.29 is 9.53 Å². The molecule has 8 heteroatoms. The number of hydrogen-bond acceptors (Lipinski definition) is 5. The van der Waals surface area contributed by atoms with Crippen molar-refractivity contribution in [2.24, 2.45) is 0 Å². The minimum atomic E-state index is -0.478. The maximum atomic E-state index is 12.7. The van der Waals surface area contributed by atoms with Gasteiger partial charge in [0.15, 0.2) is 5.69 Å². The summed E-state index contributed by atoms with van der Waals surface area (Å²) < 4.78 is 6.96. The Morgan fingerprint density at radius 3 is 2.54 bits per heavy atom. The van der Waals surface area contributed by atoms with E-state index >= 15 is 0 Å². The zero-order valence-corrected chi connectivity index (χ0v) is 17.1. The second kappa shape index (κ2) is 8.43. The van der Waals surface area contributed by atoms with Crippen LogP contribution in [0.15, 0.2) is 35.1 Å². The number of rotatable bonds is 5. The topological polar surface area (TPSA) is 76.5 Å². The number of aromatic nitrogens is 2. The van der Waals surface area contributed by atoms with E-state index in [1.165, 1.54) is 6.07 Å². The van der Waals surface area contributed by atoms with E-state index in [0.29, 0.717) is 30.5 Å². The highest BCUT2D eigenvalue weighted by Crippen LogP contribution is 2.16. The molecule has 28 heavy (non-hydrogen) atoms. The molecule has 1 saturated heterocycles. The Balaban J connectivity index is 1.78. The average molecular weight is 405 g/mol. The van der Waals surface area contributed by atoms with E-state index in [2.05, 4.69) is 29.2 Å². The minimum absolute atomic E-state index is 0.127. The van der Waals surface area contributed by atoms with Crippen molar-refractivity contribution in [2.45, 2.75) is 26.3 Å². The Kier molecular flexibility index (Phi) is 6.17. The fraction of sp³-hybridized carbons (Fsp3) is 0.450. The largest absolute Gasteiger partial charge is 0.379 e. The van der Waals surface area contributed by atoms with Crippen molar-refractivity contribution in [3.8, 4) is 5.69 Å². The summed E-state index contributed by atoms with van der Waals surface area (Å²) in [7, 11) is 0. The molecule has 0 radical (unpaired) electrons. The Morgan fingerprint density at radius 1 is 1.25 bits per heavy atom. The lowest BCUT2D eigenvalue weighted by Gasteiger charge is -2.40. The van der Waals surface area contributed by atoms with Gasteiger partial charge in [0.05, 0.1) is 18.9 Å². The van der Waals surface area contributed by atoms with Crippen LogP contribution in [0.4, 0.5) is 0 Å². The van der Waals surface area contributed by atoms with Crippen LogP contribution in [0, 0.1) is 6.92 Å². The SMILES string of the molecule is Cc1cc(=O)c(C(=O)NCC(C)(C)N2CCOCC2)nn1-c1ccc(Cl)cc1. The predicted molar refractivity (Wildman–Crippen MR) is 108 cm³/mol. The van der Waals surface area contributed by atoms with Crippen molar-refractivity contribution in [3.63, 3.8) is 0 Å². The first kappa shape index (κ1) is 20.5. The third-order valence-corrected chi connectivity index (χ3v) is 5.19. The number of nitrogens with zero attached hydrogens (tertiary/aromatic N) is 3. The van der Waals surface area contributed by atoms with Crippen molar-refractivity contribution >= 4 is 17.5 Å². The summed E-state index contributed by atoms with van der Waals surface area (Å²) in [4.78, 5) is 27.3. The highest BCUT2D eigenvalue weighted by atomic mass is 35.5. The van der Waals surface area contributed by atoms with Crippen molar-refractivity contribution in [3.05, 3.63) is 57.0 Å². The van der Waals surface area contributed by atoms with Crippen LogP contribution in [0.2, 0.25) is 5.02 Å². The molecule has 3 rings (SSSR count). The monoisotopic (exact) mass is 404 g/mol. The fourth-order valence-electron chi connectivity index (χ4n) is 3.21. The lowest BCUT2D eigenvalue weighted by atomic mass is 10.0. The molecule has 1 aromatic heterocycles. The van der Waals surface area contributed by atoms with Crippen LogP contribution in [0.3, 0.4) is 0 Å². The molecule has 2 heterocycles. The molecule has 0 unspecified atom stereocenters. The second-order valence-electron chi connectivity index (χ2n) is 7.48. The fourth-order valence-corrected chi connectivity index (χ4v) is 3.34. The van der Waals surface area contributed by atoms with Crippen LogP contribution < -0.4 is 10.7 Å². The lowest BCUT2D eigenvalue weighted by molar-refractivity contribution is -0.00925. The zero-order valence-electron chi connectivity index (χ0n) is 16.4. The van der Waals surface area contributed by atoms with Crippen LogP contribution >= 0.6 is 11.6 Å². The van der Waals surface area contributed by atoms with E-state index in [-0.39, 0.29) is 11.2 Å². The highest BCUT2D eigenvalue weighted by molar-refractivity contribution is 6.30. The van der Waals surface area contributed by atoms with Gasteiger partial charge in [0.2, 0.25) is 5.43 Å². The number of aryl methyl sites for hydroxylation is 1. The third kappa shape index (κ3) is 4.60. The molecule has 0 aliphatic carbocycles. The molecule has 0 saturated carbocycles. The molecule has 1 aromatic carbocycles. The molecule has 0 atom stereocenters. The van der Waals surface area contributed by atoms with Crippen LogP contribution in [-0.2, 0) is 4.74 Å². The summed E-state index contributed by atoms with van der Waals surface area (Å²) in [6.07, 6.45) is 0. The smallest absolute Gasteiger partial charge is 0.275 e. The second-order valence-corrected chi connectivity index (χ2v) is 7.92. The summed E-state index contributed by atoms with van der Waals surface area (Å²) in [6, 6.07) is 8.47. The first-order chi connectivity index (χ1) is 13.3. The molecule has 1 aliphatic heterocycles. The first-order valence-electron chi connectivity index (χ1n) is 9.26. The zero-order chi connectivity index (χ0) is 20.3. The molecular formula is C20H25ClN4O3. The van der Waals surface area contributed by atoms with E-state index in [1.54, 1.807) is 35.9 Å². The van der Waals surface area contributed by atoms with Crippen LogP contribution in [0.25, 0.3) is 5.69 Å². The highest BCUT2D eigenvalue weighted by Gasteiger charge is 2.29. The Hall–Kier alpha value is -2.22. The number of ether oxygens (including phenoxy) is 1. The summed E-state index contributed by atoms with van der Waals surface area (Å²) in [6.45, 7) is 9.30. The van der Waals surface area contributed by atoms with Gasteiger partial charge in [-0.2, -0.15) is 5.10 Å². The number of nitrogens with one attached hydrogen (secondary N) is 1. The number of hydrogen-bond donors (Lipinski definition) is 1. The van der Waals surface area contributed by atoms with E-state index in [9.17, 15) is 9.59 Å². The van der Waals surface area contributed by atoms with Crippen LogP contribution in [-0.4, -0.2) is 59.0 Å². The van der Waals surface area contributed by atoms with E-state index < -0.39 is 11.3 Å². The predicted octanol–water partition coefficient (Wildman–Crippen LogP) is 2.03. The molecular weight excluding hydrogens is 380 g/mol. The number of benzene rings is 1. The number of carbonyl (C=O) groups excluding carboxylic acids is 1. The summed E-state index contributed by atoms with van der Waals surface area (Å²) >= 11 is 5.94. The average Bonchev–Trinajstić information content (AvgIpc) is 2.68. The Bertz CT molecular complexity index is 903. The van der Waals surface area contributed by atoms with Gasteiger partial charge in [-0.3, -0.25) is 14.5 Å². The molecule has 1 amide bonds. The van der Waals surface area contributed by atoms with Crippen molar-refractivity contribution in [1.29, 1.82) is 0 Å². The maximum absolute atomic E-state index is 12.7. The van der Waals surface area contributed by atoms with Crippen molar-refractivity contribution in [2.75, 3.05) is 32.8 Å². The number of amides is 1. The first-order valence-corrected chi connectivity index (χ1v) is 9.64. The van der Waals surface area contributed by atoms with Gasteiger partial charge >= 0.3 is 0 Å². The quantitative estimate of drug-likeness (QED) is 0.825. The van der Waals surface area contributed by atoms with Gasteiger partial charge in [0.1, 0.15) is 0 Å². The number of morpholine rings is 1. The Labute approximate surface area is 169 Å². The molecule has 2 aromatic rings. The molecule has 150 valence electrons. The molecule has 1 fully saturated rings. The molecule has 1 N–H and O–H groups in total. The standard InChI is InChI=1S/C20H25ClN4O3/c1-14-12-17(26)18(23-25(14)16-6-4-15(21)5-7-16)19(27)22-13-20(2,3)24-8-10-28-11-9-24/h4-7,12H,8-11,13H2,1-3H3,(H,22,27). The lowest BCUT2D eigenvalue weighted by Crippen LogP contribution is -2.55. The summed E-state index contributed by atoms with van der Waals surface area (Å²) in [5, 5.41) is 7.77. The van der Waals surface area contributed by atoms with E-state index in [0.717, 1.165) is 18.8 Å². The normalized spacial score (nSPS) is 15.4. The van der Waals surface area contributed by atoms with Gasteiger partial charge in [0, 0.05) is 42.0 Å². The number of halogens is 1. The molecule has 0 spiro atoms. The van der Waals surface area contributed by atoms with Gasteiger partial charge in [-0.1, -0.05) is 11.6 Å². The van der Waals surface area contributed by atoms with E-state index in [4.69, 9.17) is 16.3 Å². The maximum Gasteiger partial charge on any atom is 0.275 e. The number of carbonyl (C=O) groups is 1. The summed E-state index contributed by atoms with van der Waals surface area (Å²) in [5.74, 6) is -0.478. The minimum Gasteiger partial charge on any atom is -0.379 e. The molecule has 0 bridgehead atoms. The Morgan fingerprint density at radius 2 is 1.89 bits per heavy atom.